The molecule has 2 aromatic rings. The van der Waals surface area contributed by atoms with Gasteiger partial charge in [0.05, 0.1) is 13.2 Å². The van der Waals surface area contributed by atoms with Crippen molar-refractivity contribution >= 4 is 0 Å². The second-order valence-electron chi connectivity index (χ2n) is 4.84. The van der Waals surface area contributed by atoms with Gasteiger partial charge in [0.1, 0.15) is 11.6 Å². The molecule has 0 aliphatic carbocycles. The van der Waals surface area contributed by atoms with Gasteiger partial charge >= 0.3 is 0 Å². The number of benzene rings is 1. The molecule has 1 unspecified atom stereocenters. The van der Waals surface area contributed by atoms with Crippen molar-refractivity contribution in [1.82, 2.24) is 14.8 Å². The van der Waals surface area contributed by atoms with E-state index in [1.165, 1.54) is 0 Å². The summed E-state index contributed by atoms with van der Waals surface area (Å²) in [5, 5.41) is 14.1. The highest BCUT2D eigenvalue weighted by molar-refractivity contribution is 5.30. The number of methoxy groups -OCH3 is 1. The van der Waals surface area contributed by atoms with Crippen LogP contribution in [0.25, 0.3) is 0 Å². The predicted molar refractivity (Wildman–Crippen MR) is 70.1 cm³/mol. The number of aryl methyl sites for hydroxylation is 1. The van der Waals surface area contributed by atoms with Crippen molar-refractivity contribution in [3.8, 4) is 5.75 Å². The molecular weight excluding hydrogens is 242 g/mol. The molecule has 5 heteroatoms. The van der Waals surface area contributed by atoms with Gasteiger partial charge in [0, 0.05) is 19.4 Å². The summed E-state index contributed by atoms with van der Waals surface area (Å²) < 4.78 is 7.11. The molecule has 0 spiro atoms. The van der Waals surface area contributed by atoms with Crippen molar-refractivity contribution in [3.63, 3.8) is 0 Å². The van der Waals surface area contributed by atoms with Gasteiger partial charge < -0.3 is 9.84 Å². The van der Waals surface area contributed by atoms with Gasteiger partial charge in [-0.15, -0.1) is 0 Å². The van der Waals surface area contributed by atoms with E-state index >= 15 is 0 Å². The van der Waals surface area contributed by atoms with Crippen LogP contribution in [-0.2, 0) is 19.4 Å². The second kappa shape index (κ2) is 5.01. The fraction of sp³-hybridized carbons (Fsp3) is 0.429. The van der Waals surface area contributed by atoms with Gasteiger partial charge in [-0.3, -0.25) is 0 Å². The largest absolute Gasteiger partial charge is 0.497 e. The Morgan fingerprint density at radius 1 is 1.47 bits per heavy atom. The highest BCUT2D eigenvalue weighted by Crippen LogP contribution is 2.17. The third-order valence-corrected chi connectivity index (χ3v) is 3.38. The summed E-state index contributed by atoms with van der Waals surface area (Å²) in [6, 6.07) is 7.92. The van der Waals surface area contributed by atoms with Crippen LogP contribution in [0.4, 0.5) is 0 Å². The molecule has 0 amide bonds. The molecule has 1 aromatic carbocycles. The Labute approximate surface area is 111 Å². The quantitative estimate of drug-likeness (QED) is 0.899. The van der Waals surface area contributed by atoms with E-state index in [-0.39, 0.29) is 6.10 Å². The summed E-state index contributed by atoms with van der Waals surface area (Å²) in [7, 11) is 1.66. The van der Waals surface area contributed by atoms with Crippen molar-refractivity contribution in [1.29, 1.82) is 0 Å². The number of rotatable bonds is 3. The third-order valence-electron chi connectivity index (χ3n) is 3.38. The standard InChI is InChI=1S/C14H17N3O2/c1-19-12-4-2-3-10(7-12)8-13-15-14-9-11(18)5-6-17(14)16-13/h2-4,7,11,18H,5-6,8-9H2,1H3. The summed E-state index contributed by atoms with van der Waals surface area (Å²) in [6.45, 7) is 0.752. The van der Waals surface area contributed by atoms with Gasteiger partial charge in [-0.1, -0.05) is 12.1 Å². The lowest BCUT2D eigenvalue weighted by Crippen LogP contribution is -2.23. The normalized spacial score (nSPS) is 18.1. The summed E-state index contributed by atoms with van der Waals surface area (Å²) in [5.74, 6) is 2.53. The number of aliphatic hydroxyl groups is 1. The first-order valence-corrected chi connectivity index (χ1v) is 6.48. The van der Waals surface area contributed by atoms with Crippen molar-refractivity contribution in [2.24, 2.45) is 0 Å². The second-order valence-corrected chi connectivity index (χ2v) is 4.84. The van der Waals surface area contributed by atoms with Gasteiger partial charge in [0.15, 0.2) is 5.82 Å². The third kappa shape index (κ3) is 2.61. The van der Waals surface area contributed by atoms with E-state index in [2.05, 4.69) is 10.1 Å². The van der Waals surface area contributed by atoms with Gasteiger partial charge in [-0.2, -0.15) is 5.10 Å². The van der Waals surface area contributed by atoms with Crippen molar-refractivity contribution in [2.45, 2.75) is 31.9 Å². The van der Waals surface area contributed by atoms with E-state index in [1.807, 2.05) is 28.9 Å². The lowest BCUT2D eigenvalue weighted by atomic mass is 10.1. The van der Waals surface area contributed by atoms with Crippen LogP contribution < -0.4 is 4.74 Å². The van der Waals surface area contributed by atoms with Gasteiger partial charge in [0.25, 0.3) is 0 Å². The van der Waals surface area contributed by atoms with E-state index in [9.17, 15) is 5.11 Å². The number of hydrogen-bond donors (Lipinski definition) is 1. The molecule has 1 atom stereocenters. The van der Waals surface area contributed by atoms with E-state index < -0.39 is 0 Å². The maximum Gasteiger partial charge on any atom is 0.155 e. The van der Waals surface area contributed by atoms with E-state index in [0.29, 0.717) is 12.8 Å². The fourth-order valence-electron chi connectivity index (χ4n) is 2.38. The minimum absolute atomic E-state index is 0.277. The first-order chi connectivity index (χ1) is 9.24. The smallest absolute Gasteiger partial charge is 0.155 e. The summed E-state index contributed by atoms with van der Waals surface area (Å²) in [5.41, 5.74) is 1.13. The Kier molecular flexibility index (Phi) is 3.21. The molecule has 0 fully saturated rings. The Bertz CT molecular complexity index is 580. The lowest BCUT2D eigenvalue weighted by molar-refractivity contribution is 0.138. The van der Waals surface area contributed by atoms with Crippen molar-refractivity contribution in [3.05, 3.63) is 41.5 Å². The number of aliphatic hydroxyl groups excluding tert-OH is 1. The Hall–Kier alpha value is -1.88. The molecule has 19 heavy (non-hydrogen) atoms. The highest BCUT2D eigenvalue weighted by atomic mass is 16.5. The van der Waals surface area contributed by atoms with Gasteiger partial charge in [0.2, 0.25) is 0 Å². The highest BCUT2D eigenvalue weighted by Gasteiger charge is 2.19. The zero-order valence-corrected chi connectivity index (χ0v) is 10.9. The van der Waals surface area contributed by atoms with Crippen molar-refractivity contribution < 1.29 is 9.84 Å². The van der Waals surface area contributed by atoms with Crippen LogP contribution in [0.5, 0.6) is 5.75 Å². The Morgan fingerprint density at radius 2 is 2.37 bits per heavy atom. The zero-order valence-electron chi connectivity index (χ0n) is 10.9. The van der Waals surface area contributed by atoms with Gasteiger partial charge in [-0.25, -0.2) is 9.67 Å². The molecule has 1 aliphatic rings. The predicted octanol–water partition coefficient (Wildman–Crippen LogP) is 1.18. The SMILES string of the molecule is COc1cccc(Cc2nc3n(n2)CCC(O)C3)c1. The lowest BCUT2D eigenvalue weighted by Gasteiger charge is -2.16. The minimum atomic E-state index is -0.277. The van der Waals surface area contributed by atoms with Crippen LogP contribution in [0, 0.1) is 0 Å². The van der Waals surface area contributed by atoms with Crippen LogP contribution in [0.1, 0.15) is 23.6 Å². The topological polar surface area (TPSA) is 60.2 Å². The average molecular weight is 259 g/mol. The first-order valence-electron chi connectivity index (χ1n) is 6.48. The summed E-state index contributed by atoms with van der Waals surface area (Å²) in [4.78, 5) is 4.50. The molecule has 100 valence electrons. The Balaban J connectivity index is 1.80. The maximum absolute atomic E-state index is 9.63. The monoisotopic (exact) mass is 259 g/mol. The average Bonchev–Trinajstić information content (AvgIpc) is 2.80. The fourth-order valence-corrected chi connectivity index (χ4v) is 2.38. The van der Waals surface area contributed by atoms with Crippen molar-refractivity contribution in [2.75, 3.05) is 7.11 Å². The first kappa shape index (κ1) is 12.2. The van der Waals surface area contributed by atoms with Crippen LogP contribution in [0.2, 0.25) is 0 Å². The molecule has 1 aliphatic heterocycles. The minimum Gasteiger partial charge on any atom is -0.497 e. The summed E-state index contributed by atoms with van der Waals surface area (Å²) in [6.07, 6.45) is 1.77. The van der Waals surface area contributed by atoms with E-state index in [4.69, 9.17) is 4.74 Å². The maximum atomic E-state index is 9.63. The van der Waals surface area contributed by atoms with E-state index in [0.717, 1.165) is 35.9 Å². The number of aromatic nitrogens is 3. The molecule has 0 bridgehead atoms. The molecule has 1 aromatic heterocycles. The molecule has 1 N–H and O–H groups in total. The van der Waals surface area contributed by atoms with Gasteiger partial charge in [-0.05, 0) is 24.1 Å². The molecule has 2 heterocycles. The Morgan fingerprint density at radius 3 is 3.21 bits per heavy atom. The zero-order chi connectivity index (χ0) is 13.2. The number of ether oxygens (including phenoxy) is 1. The van der Waals surface area contributed by atoms with Crippen LogP contribution in [0.15, 0.2) is 24.3 Å². The molecule has 3 rings (SSSR count). The number of hydrogen-bond acceptors (Lipinski definition) is 4. The van der Waals surface area contributed by atoms with Crippen LogP contribution >= 0.6 is 0 Å². The molecule has 0 saturated heterocycles. The molecule has 0 radical (unpaired) electrons. The van der Waals surface area contributed by atoms with E-state index in [1.54, 1.807) is 7.11 Å². The van der Waals surface area contributed by atoms with Crippen LogP contribution in [0.3, 0.4) is 0 Å². The van der Waals surface area contributed by atoms with Crippen LogP contribution in [-0.4, -0.2) is 33.1 Å². The molecule has 5 nitrogen and oxygen atoms in total. The number of fused-ring (bicyclic) bond motifs is 1. The summed E-state index contributed by atoms with van der Waals surface area (Å²) >= 11 is 0. The molecular formula is C14H17N3O2. The molecule has 0 saturated carbocycles. The number of nitrogens with zero attached hydrogens (tertiary/aromatic N) is 3.